The van der Waals surface area contributed by atoms with Crippen molar-refractivity contribution in [3.63, 3.8) is 0 Å². The number of ether oxygens (including phenoxy) is 1. The van der Waals surface area contributed by atoms with Crippen LogP contribution in [0.3, 0.4) is 0 Å². The third kappa shape index (κ3) is 4.48. The van der Waals surface area contributed by atoms with Crippen LogP contribution in [0.2, 0.25) is 0 Å². The minimum absolute atomic E-state index is 0.646. The average Bonchev–Trinajstić information content (AvgIpc) is 2.47. The molecular weight excluding hydrogens is 238 g/mol. The molecule has 0 unspecified atom stereocenters. The monoisotopic (exact) mass is 263 g/mol. The third-order valence-corrected chi connectivity index (χ3v) is 3.73. The van der Waals surface area contributed by atoms with Crippen molar-refractivity contribution in [2.24, 2.45) is 0 Å². The van der Waals surface area contributed by atoms with Crippen molar-refractivity contribution in [3.05, 3.63) is 23.9 Å². The van der Waals surface area contributed by atoms with E-state index in [1.165, 1.54) is 44.5 Å². The summed E-state index contributed by atoms with van der Waals surface area (Å²) in [5, 5.41) is 3.64. The van der Waals surface area contributed by atoms with Gasteiger partial charge in [-0.3, -0.25) is 0 Å². The van der Waals surface area contributed by atoms with E-state index < -0.39 is 0 Å². The van der Waals surface area contributed by atoms with Gasteiger partial charge in [-0.05, 0) is 50.5 Å². The molecule has 2 heterocycles. The average molecular weight is 263 g/mol. The summed E-state index contributed by atoms with van der Waals surface area (Å²) in [6.45, 7) is 6.85. The van der Waals surface area contributed by atoms with E-state index in [1.807, 2.05) is 12.1 Å². The minimum atomic E-state index is 0.646. The van der Waals surface area contributed by atoms with Crippen LogP contribution in [0.15, 0.2) is 18.3 Å². The maximum atomic E-state index is 5.14. The van der Waals surface area contributed by atoms with E-state index in [0.717, 1.165) is 6.54 Å². The Kier molecular flexibility index (Phi) is 5.61. The molecule has 0 spiro atoms. The molecule has 1 aliphatic rings. The maximum absolute atomic E-state index is 5.14. The molecule has 0 aliphatic carbocycles. The Hall–Kier alpha value is -1.13. The summed E-state index contributed by atoms with van der Waals surface area (Å²) < 4.78 is 5.14. The second-order valence-corrected chi connectivity index (χ2v) is 5.20. The van der Waals surface area contributed by atoms with Crippen LogP contribution in [0.5, 0.6) is 5.88 Å². The molecule has 19 heavy (non-hydrogen) atoms. The Bertz CT molecular complexity index is 375. The summed E-state index contributed by atoms with van der Waals surface area (Å²) in [6, 6.07) is 4.69. The van der Waals surface area contributed by atoms with E-state index in [4.69, 9.17) is 4.74 Å². The van der Waals surface area contributed by atoms with Crippen molar-refractivity contribution < 1.29 is 4.74 Å². The van der Waals surface area contributed by atoms with Gasteiger partial charge in [0.05, 0.1) is 7.11 Å². The van der Waals surface area contributed by atoms with E-state index in [0.29, 0.717) is 11.9 Å². The zero-order valence-corrected chi connectivity index (χ0v) is 12.1. The van der Waals surface area contributed by atoms with Gasteiger partial charge in [-0.1, -0.05) is 6.92 Å². The lowest BCUT2D eigenvalue weighted by molar-refractivity contribution is 0.197. The van der Waals surface area contributed by atoms with Crippen LogP contribution < -0.4 is 10.1 Å². The lowest BCUT2D eigenvalue weighted by atomic mass is 10.0. The first-order valence-electron chi connectivity index (χ1n) is 7.26. The Balaban J connectivity index is 1.74. The van der Waals surface area contributed by atoms with Gasteiger partial charge in [0, 0.05) is 24.8 Å². The summed E-state index contributed by atoms with van der Waals surface area (Å²) in [7, 11) is 1.66. The second kappa shape index (κ2) is 7.46. The highest BCUT2D eigenvalue weighted by Gasteiger charge is 2.17. The number of aromatic nitrogens is 1. The number of nitrogens with one attached hydrogen (secondary N) is 1. The summed E-state index contributed by atoms with van der Waals surface area (Å²) in [5.41, 5.74) is 1.24. The molecule has 4 nitrogen and oxygen atoms in total. The highest BCUT2D eigenvalue weighted by molar-refractivity contribution is 5.20. The van der Waals surface area contributed by atoms with Crippen LogP contribution in [0.25, 0.3) is 0 Å². The van der Waals surface area contributed by atoms with Gasteiger partial charge >= 0.3 is 0 Å². The molecule has 0 amide bonds. The standard InChI is InChI=1S/C15H25N3O/c1-3-8-18-9-5-14(6-10-18)17-12-13-4-7-16-15(11-13)19-2/h4,7,11,14,17H,3,5-6,8-10,12H2,1-2H3. The van der Waals surface area contributed by atoms with Crippen LogP contribution >= 0.6 is 0 Å². The quantitative estimate of drug-likeness (QED) is 0.852. The maximum Gasteiger partial charge on any atom is 0.213 e. The molecule has 0 aromatic carbocycles. The number of rotatable bonds is 6. The van der Waals surface area contributed by atoms with Crippen molar-refractivity contribution in [1.29, 1.82) is 0 Å². The molecule has 1 N–H and O–H groups in total. The highest BCUT2D eigenvalue weighted by Crippen LogP contribution is 2.13. The van der Waals surface area contributed by atoms with Gasteiger partial charge < -0.3 is 15.0 Å². The molecule has 0 atom stereocenters. The van der Waals surface area contributed by atoms with Gasteiger partial charge in [0.15, 0.2) is 0 Å². The summed E-state index contributed by atoms with van der Waals surface area (Å²) in [6.07, 6.45) is 5.57. The van der Waals surface area contributed by atoms with Crippen LogP contribution in [0.1, 0.15) is 31.7 Å². The molecule has 0 radical (unpaired) electrons. The number of likely N-dealkylation sites (tertiary alicyclic amines) is 1. The van der Waals surface area contributed by atoms with E-state index in [1.54, 1.807) is 13.3 Å². The van der Waals surface area contributed by atoms with E-state index in [9.17, 15) is 0 Å². The first-order valence-corrected chi connectivity index (χ1v) is 7.26. The number of piperidine rings is 1. The number of nitrogens with zero attached hydrogens (tertiary/aromatic N) is 2. The van der Waals surface area contributed by atoms with Crippen molar-refractivity contribution in [1.82, 2.24) is 15.2 Å². The van der Waals surface area contributed by atoms with Crippen LogP contribution in [-0.4, -0.2) is 42.7 Å². The first kappa shape index (κ1) is 14.3. The summed E-state index contributed by atoms with van der Waals surface area (Å²) in [4.78, 5) is 6.69. The lowest BCUT2D eigenvalue weighted by Crippen LogP contribution is -2.42. The second-order valence-electron chi connectivity index (χ2n) is 5.20. The van der Waals surface area contributed by atoms with Gasteiger partial charge in [-0.2, -0.15) is 0 Å². The largest absolute Gasteiger partial charge is 0.481 e. The lowest BCUT2D eigenvalue weighted by Gasteiger charge is -2.32. The molecule has 1 aliphatic heterocycles. The smallest absolute Gasteiger partial charge is 0.213 e. The molecule has 1 aromatic rings. The zero-order chi connectivity index (χ0) is 13.5. The van der Waals surface area contributed by atoms with Gasteiger partial charge in [-0.15, -0.1) is 0 Å². The Labute approximate surface area is 116 Å². The molecular formula is C15H25N3O. The van der Waals surface area contributed by atoms with Crippen molar-refractivity contribution in [2.45, 2.75) is 38.8 Å². The van der Waals surface area contributed by atoms with E-state index >= 15 is 0 Å². The van der Waals surface area contributed by atoms with E-state index in [-0.39, 0.29) is 0 Å². The SMILES string of the molecule is CCCN1CCC(NCc2ccnc(OC)c2)CC1. The number of methoxy groups -OCH3 is 1. The molecule has 0 bridgehead atoms. The third-order valence-electron chi connectivity index (χ3n) is 3.73. The van der Waals surface area contributed by atoms with Gasteiger partial charge in [0.2, 0.25) is 5.88 Å². The van der Waals surface area contributed by atoms with Crippen molar-refractivity contribution in [2.75, 3.05) is 26.7 Å². The fourth-order valence-corrected chi connectivity index (χ4v) is 2.61. The molecule has 2 rings (SSSR count). The van der Waals surface area contributed by atoms with E-state index in [2.05, 4.69) is 22.1 Å². The van der Waals surface area contributed by atoms with Crippen LogP contribution in [0, 0.1) is 0 Å². The van der Waals surface area contributed by atoms with Crippen LogP contribution in [-0.2, 0) is 6.54 Å². The number of hydrogen-bond donors (Lipinski definition) is 1. The number of hydrogen-bond acceptors (Lipinski definition) is 4. The Morgan fingerprint density at radius 3 is 2.89 bits per heavy atom. The van der Waals surface area contributed by atoms with Gasteiger partial charge in [0.1, 0.15) is 0 Å². The zero-order valence-electron chi connectivity index (χ0n) is 12.1. The fraction of sp³-hybridized carbons (Fsp3) is 0.667. The van der Waals surface area contributed by atoms with Gasteiger partial charge in [0.25, 0.3) is 0 Å². The normalized spacial score (nSPS) is 17.6. The predicted molar refractivity (Wildman–Crippen MR) is 77.4 cm³/mol. The minimum Gasteiger partial charge on any atom is -0.481 e. The molecule has 0 saturated carbocycles. The highest BCUT2D eigenvalue weighted by atomic mass is 16.5. The Morgan fingerprint density at radius 2 is 2.21 bits per heavy atom. The molecule has 1 fully saturated rings. The Morgan fingerprint density at radius 1 is 1.42 bits per heavy atom. The predicted octanol–water partition coefficient (Wildman–Crippen LogP) is 2.05. The van der Waals surface area contributed by atoms with Crippen LogP contribution in [0.4, 0.5) is 0 Å². The summed E-state index contributed by atoms with van der Waals surface area (Å²) >= 11 is 0. The van der Waals surface area contributed by atoms with Crippen molar-refractivity contribution >= 4 is 0 Å². The summed E-state index contributed by atoms with van der Waals surface area (Å²) in [5.74, 6) is 0.692. The van der Waals surface area contributed by atoms with Gasteiger partial charge in [-0.25, -0.2) is 4.98 Å². The topological polar surface area (TPSA) is 37.4 Å². The molecule has 1 saturated heterocycles. The number of pyridine rings is 1. The first-order chi connectivity index (χ1) is 9.31. The fourth-order valence-electron chi connectivity index (χ4n) is 2.61. The van der Waals surface area contributed by atoms with Crippen molar-refractivity contribution in [3.8, 4) is 5.88 Å². The molecule has 1 aromatic heterocycles. The molecule has 106 valence electrons. The molecule has 4 heteroatoms.